The summed E-state index contributed by atoms with van der Waals surface area (Å²) in [6, 6.07) is 9.83. The molecule has 0 amide bonds. The third kappa shape index (κ3) is 4.05. The average molecular weight is 492 g/mol. The predicted octanol–water partition coefficient (Wildman–Crippen LogP) is 7.90. The molecule has 2 aromatic heterocycles. The van der Waals surface area contributed by atoms with E-state index in [-0.39, 0.29) is 0 Å². The maximum Gasteiger partial charge on any atom is 0.168 e. The summed E-state index contributed by atoms with van der Waals surface area (Å²) in [5.41, 5.74) is 5.55. The number of nitrogens with zero attached hydrogens (tertiary/aromatic N) is 4. The monoisotopic (exact) mass is 490 g/mol. The second-order valence-electron chi connectivity index (χ2n) is 7.69. The minimum Gasteiger partial charge on any atom is -0.232 e. The molecule has 0 saturated carbocycles. The van der Waals surface area contributed by atoms with Gasteiger partial charge < -0.3 is 0 Å². The molecule has 31 heavy (non-hydrogen) atoms. The summed E-state index contributed by atoms with van der Waals surface area (Å²) in [4.78, 5) is 9.57. The van der Waals surface area contributed by atoms with Gasteiger partial charge in [-0.25, -0.2) is 14.6 Å². The summed E-state index contributed by atoms with van der Waals surface area (Å²) in [7, 11) is 0. The molecule has 0 aliphatic heterocycles. The fraction of sp³-hybridized carbons (Fsp3) is 0.261. The lowest BCUT2D eigenvalue weighted by Gasteiger charge is -2.13. The molecule has 0 bridgehead atoms. The Labute approximate surface area is 200 Å². The molecule has 0 spiro atoms. The molecular formula is C23H21Cl3N4S. The SMILES string of the molecule is CSc1nn(-c2c(Cl)cc(Cl)cc2Cl)c2nc(C)nc(-c3cc(C(C)C)ccc3C)c12. The topological polar surface area (TPSA) is 43.6 Å². The summed E-state index contributed by atoms with van der Waals surface area (Å²) < 4.78 is 1.70. The van der Waals surface area contributed by atoms with E-state index in [0.717, 1.165) is 27.2 Å². The first-order valence-electron chi connectivity index (χ1n) is 9.78. The number of rotatable bonds is 4. The van der Waals surface area contributed by atoms with Gasteiger partial charge in [-0.05, 0) is 55.3 Å². The van der Waals surface area contributed by atoms with E-state index in [1.54, 1.807) is 16.8 Å². The minimum absolute atomic E-state index is 0.408. The third-order valence-corrected chi connectivity index (χ3v) is 6.64. The summed E-state index contributed by atoms with van der Waals surface area (Å²) in [5.74, 6) is 1.05. The Bertz CT molecular complexity index is 1290. The molecule has 0 N–H and O–H groups in total. The van der Waals surface area contributed by atoms with Crippen LogP contribution in [0.5, 0.6) is 0 Å². The molecule has 4 nitrogen and oxygen atoms in total. The van der Waals surface area contributed by atoms with E-state index in [2.05, 4.69) is 39.0 Å². The lowest BCUT2D eigenvalue weighted by molar-refractivity contribution is 0.849. The molecule has 2 aromatic carbocycles. The van der Waals surface area contributed by atoms with Crippen LogP contribution >= 0.6 is 46.6 Å². The first kappa shape index (κ1) is 22.4. The van der Waals surface area contributed by atoms with Crippen LogP contribution in [0.3, 0.4) is 0 Å². The van der Waals surface area contributed by atoms with Crippen LogP contribution in [0.25, 0.3) is 28.0 Å². The molecule has 0 aliphatic rings. The van der Waals surface area contributed by atoms with Crippen LogP contribution < -0.4 is 0 Å². The Morgan fingerprint density at radius 1 is 0.968 bits per heavy atom. The van der Waals surface area contributed by atoms with Crippen LogP contribution in [0.4, 0.5) is 0 Å². The van der Waals surface area contributed by atoms with Crippen LogP contribution in [0.1, 0.15) is 36.7 Å². The molecule has 0 unspecified atom stereocenters. The number of benzene rings is 2. The number of aryl methyl sites for hydroxylation is 2. The van der Waals surface area contributed by atoms with Gasteiger partial charge in [0.1, 0.15) is 16.5 Å². The lowest BCUT2D eigenvalue weighted by Crippen LogP contribution is -2.02. The van der Waals surface area contributed by atoms with Crippen molar-refractivity contribution in [1.29, 1.82) is 0 Å². The van der Waals surface area contributed by atoms with Gasteiger partial charge in [-0.1, -0.05) is 60.8 Å². The summed E-state index contributed by atoms with van der Waals surface area (Å²) in [6.07, 6.45) is 1.98. The van der Waals surface area contributed by atoms with E-state index in [9.17, 15) is 0 Å². The molecule has 8 heteroatoms. The molecule has 4 aromatic rings. The van der Waals surface area contributed by atoms with Gasteiger partial charge in [-0.15, -0.1) is 11.8 Å². The van der Waals surface area contributed by atoms with Crippen molar-refractivity contribution in [2.24, 2.45) is 0 Å². The fourth-order valence-electron chi connectivity index (χ4n) is 3.58. The van der Waals surface area contributed by atoms with Crippen molar-refractivity contribution in [2.75, 3.05) is 6.26 Å². The zero-order chi connectivity index (χ0) is 22.4. The largest absolute Gasteiger partial charge is 0.232 e. The van der Waals surface area contributed by atoms with E-state index < -0.39 is 0 Å². The second kappa shape index (κ2) is 8.62. The quantitative estimate of drug-likeness (QED) is 0.272. The Morgan fingerprint density at radius 3 is 2.26 bits per heavy atom. The minimum atomic E-state index is 0.408. The summed E-state index contributed by atoms with van der Waals surface area (Å²) >= 11 is 20.7. The number of aromatic nitrogens is 4. The van der Waals surface area contributed by atoms with E-state index in [1.807, 2.05) is 13.2 Å². The second-order valence-corrected chi connectivity index (χ2v) is 9.73. The van der Waals surface area contributed by atoms with Gasteiger partial charge in [-0.2, -0.15) is 5.10 Å². The Kier molecular flexibility index (Phi) is 6.23. The maximum atomic E-state index is 6.52. The molecule has 0 radical (unpaired) electrons. The van der Waals surface area contributed by atoms with Crippen LogP contribution in [0, 0.1) is 13.8 Å². The summed E-state index contributed by atoms with van der Waals surface area (Å²) in [5, 5.41) is 7.78. The summed E-state index contributed by atoms with van der Waals surface area (Å²) in [6.45, 7) is 8.35. The van der Waals surface area contributed by atoms with Crippen molar-refractivity contribution >= 4 is 57.6 Å². The van der Waals surface area contributed by atoms with Crippen LogP contribution in [-0.4, -0.2) is 26.0 Å². The Hall–Kier alpha value is -1.79. The number of halogens is 3. The van der Waals surface area contributed by atoms with Gasteiger partial charge in [0.2, 0.25) is 0 Å². The fourth-order valence-corrected chi connectivity index (χ4v) is 5.11. The van der Waals surface area contributed by atoms with Crippen molar-refractivity contribution in [3.8, 4) is 16.9 Å². The van der Waals surface area contributed by atoms with E-state index in [1.165, 1.54) is 17.3 Å². The predicted molar refractivity (Wildman–Crippen MR) is 132 cm³/mol. The van der Waals surface area contributed by atoms with E-state index in [0.29, 0.717) is 38.1 Å². The van der Waals surface area contributed by atoms with Crippen molar-refractivity contribution in [3.05, 3.63) is 62.4 Å². The maximum absolute atomic E-state index is 6.52. The molecule has 0 atom stereocenters. The highest BCUT2D eigenvalue weighted by molar-refractivity contribution is 7.98. The van der Waals surface area contributed by atoms with E-state index >= 15 is 0 Å². The third-order valence-electron chi connectivity index (χ3n) is 5.18. The molecule has 160 valence electrons. The first-order chi connectivity index (χ1) is 14.7. The highest BCUT2D eigenvalue weighted by Gasteiger charge is 2.23. The van der Waals surface area contributed by atoms with Gasteiger partial charge >= 0.3 is 0 Å². The van der Waals surface area contributed by atoms with Gasteiger partial charge in [0.25, 0.3) is 0 Å². The van der Waals surface area contributed by atoms with Crippen molar-refractivity contribution in [2.45, 2.75) is 38.6 Å². The van der Waals surface area contributed by atoms with Crippen LogP contribution in [0.15, 0.2) is 35.4 Å². The standard InChI is InChI=1S/C23H21Cl3N4S/c1-11(2)14-7-6-12(3)16(8-14)20-19-22(28-13(4)27-20)30(29-23(19)31-5)21-17(25)9-15(24)10-18(21)26/h6-11H,1-5H3. The zero-order valence-corrected chi connectivity index (χ0v) is 20.9. The Morgan fingerprint density at radius 2 is 1.65 bits per heavy atom. The van der Waals surface area contributed by atoms with Gasteiger partial charge in [0.15, 0.2) is 5.65 Å². The molecule has 0 fully saturated rings. The van der Waals surface area contributed by atoms with Crippen LogP contribution in [-0.2, 0) is 0 Å². The molecule has 0 aliphatic carbocycles. The van der Waals surface area contributed by atoms with Crippen molar-refractivity contribution < 1.29 is 0 Å². The van der Waals surface area contributed by atoms with Gasteiger partial charge in [0, 0.05) is 10.6 Å². The molecule has 4 rings (SSSR count). The number of hydrogen-bond acceptors (Lipinski definition) is 4. The average Bonchev–Trinajstić information content (AvgIpc) is 3.05. The molecule has 2 heterocycles. The normalized spacial score (nSPS) is 11.6. The molecular weight excluding hydrogens is 471 g/mol. The zero-order valence-electron chi connectivity index (χ0n) is 17.8. The van der Waals surface area contributed by atoms with Gasteiger partial charge in [0.05, 0.1) is 21.1 Å². The number of hydrogen-bond donors (Lipinski definition) is 0. The van der Waals surface area contributed by atoms with E-state index in [4.69, 9.17) is 49.9 Å². The van der Waals surface area contributed by atoms with Gasteiger partial charge in [-0.3, -0.25) is 0 Å². The highest BCUT2D eigenvalue weighted by Crippen LogP contribution is 2.39. The van der Waals surface area contributed by atoms with Crippen molar-refractivity contribution in [3.63, 3.8) is 0 Å². The number of fused-ring (bicyclic) bond motifs is 1. The lowest BCUT2D eigenvalue weighted by atomic mass is 9.95. The first-order valence-corrected chi connectivity index (χ1v) is 12.1. The Balaban J connectivity index is 2.09. The molecule has 0 saturated heterocycles. The smallest absolute Gasteiger partial charge is 0.168 e. The van der Waals surface area contributed by atoms with Crippen molar-refractivity contribution in [1.82, 2.24) is 19.7 Å². The number of thioether (sulfide) groups is 1. The highest BCUT2D eigenvalue weighted by atomic mass is 35.5. The van der Waals surface area contributed by atoms with Crippen LogP contribution in [0.2, 0.25) is 15.1 Å².